The lowest BCUT2D eigenvalue weighted by atomic mass is 10.1. The van der Waals surface area contributed by atoms with Crippen molar-refractivity contribution in [2.45, 2.75) is 0 Å². The van der Waals surface area contributed by atoms with Crippen LogP contribution in [0.4, 0.5) is 10.1 Å². The first-order chi connectivity index (χ1) is 9.65. The lowest BCUT2D eigenvalue weighted by Crippen LogP contribution is -2.26. The number of amides is 1. The van der Waals surface area contributed by atoms with Crippen molar-refractivity contribution in [3.63, 3.8) is 0 Å². The van der Waals surface area contributed by atoms with E-state index in [-0.39, 0.29) is 11.7 Å². The molecule has 1 heterocycles. The van der Waals surface area contributed by atoms with Crippen LogP contribution in [0.3, 0.4) is 0 Å². The number of fused-ring (bicyclic) bond motifs is 1. The summed E-state index contributed by atoms with van der Waals surface area (Å²) in [7, 11) is 1.68. The first-order valence-electron chi connectivity index (χ1n) is 6.26. The minimum Gasteiger partial charge on any atom is -0.361 e. The van der Waals surface area contributed by atoms with Crippen LogP contribution in [0.15, 0.2) is 54.7 Å². The van der Waals surface area contributed by atoms with Crippen LogP contribution in [0, 0.1) is 5.82 Å². The van der Waals surface area contributed by atoms with E-state index < -0.39 is 0 Å². The fourth-order valence-electron chi connectivity index (χ4n) is 2.16. The smallest absolute Gasteiger partial charge is 0.258 e. The number of aromatic amines is 1. The Hall–Kier alpha value is -2.62. The summed E-state index contributed by atoms with van der Waals surface area (Å²) < 4.78 is 12.9. The number of carbonyl (C=O) groups is 1. The van der Waals surface area contributed by atoms with Gasteiger partial charge in [-0.05, 0) is 48.5 Å². The van der Waals surface area contributed by atoms with Gasteiger partial charge in [-0.3, -0.25) is 4.79 Å². The average molecular weight is 268 g/mol. The molecule has 0 saturated heterocycles. The molecule has 0 bridgehead atoms. The lowest BCUT2D eigenvalue weighted by Gasteiger charge is -2.17. The lowest BCUT2D eigenvalue weighted by molar-refractivity contribution is 0.0993. The Labute approximate surface area is 115 Å². The molecule has 1 aromatic heterocycles. The van der Waals surface area contributed by atoms with Crippen LogP contribution in [0.2, 0.25) is 0 Å². The van der Waals surface area contributed by atoms with Crippen LogP contribution in [-0.2, 0) is 0 Å². The van der Waals surface area contributed by atoms with Gasteiger partial charge in [-0.15, -0.1) is 0 Å². The predicted molar refractivity (Wildman–Crippen MR) is 77.4 cm³/mol. The normalized spacial score (nSPS) is 10.7. The topological polar surface area (TPSA) is 36.1 Å². The van der Waals surface area contributed by atoms with Crippen molar-refractivity contribution >= 4 is 22.5 Å². The van der Waals surface area contributed by atoms with Gasteiger partial charge in [0, 0.05) is 35.4 Å². The van der Waals surface area contributed by atoms with E-state index in [1.165, 1.54) is 17.0 Å². The summed E-state index contributed by atoms with van der Waals surface area (Å²) in [4.78, 5) is 17.0. The van der Waals surface area contributed by atoms with Gasteiger partial charge in [-0.25, -0.2) is 4.39 Å². The second-order valence-corrected chi connectivity index (χ2v) is 4.62. The third-order valence-corrected chi connectivity index (χ3v) is 3.32. The number of nitrogens with one attached hydrogen (secondary N) is 1. The van der Waals surface area contributed by atoms with E-state index in [9.17, 15) is 9.18 Å². The van der Waals surface area contributed by atoms with Crippen molar-refractivity contribution in [1.29, 1.82) is 0 Å². The molecule has 3 nitrogen and oxygen atoms in total. The Morgan fingerprint density at radius 1 is 1.10 bits per heavy atom. The zero-order valence-electron chi connectivity index (χ0n) is 10.9. The Morgan fingerprint density at radius 2 is 1.85 bits per heavy atom. The Bertz CT molecular complexity index is 762. The third-order valence-electron chi connectivity index (χ3n) is 3.32. The molecule has 3 rings (SSSR count). The molecule has 0 aliphatic heterocycles. The van der Waals surface area contributed by atoms with Gasteiger partial charge in [-0.2, -0.15) is 0 Å². The van der Waals surface area contributed by atoms with Crippen LogP contribution in [0.25, 0.3) is 10.9 Å². The molecule has 2 aromatic carbocycles. The van der Waals surface area contributed by atoms with Crippen molar-refractivity contribution in [2.75, 3.05) is 11.9 Å². The van der Waals surface area contributed by atoms with Crippen molar-refractivity contribution in [2.24, 2.45) is 0 Å². The Balaban J connectivity index is 1.92. The summed E-state index contributed by atoms with van der Waals surface area (Å²) in [5.74, 6) is -0.442. The molecule has 100 valence electrons. The minimum atomic E-state index is -0.316. The van der Waals surface area contributed by atoms with Crippen molar-refractivity contribution in [3.05, 3.63) is 66.1 Å². The number of benzene rings is 2. The standard InChI is InChI=1S/C16H13FN2O/c1-19(14-5-3-13(17)4-6-14)16(20)12-2-7-15-11(10-12)8-9-18-15/h2-10,18H,1H3. The maximum Gasteiger partial charge on any atom is 0.258 e. The van der Waals surface area contributed by atoms with Gasteiger partial charge >= 0.3 is 0 Å². The fraction of sp³-hybridized carbons (Fsp3) is 0.0625. The van der Waals surface area contributed by atoms with Gasteiger partial charge < -0.3 is 9.88 Å². The number of rotatable bonds is 2. The fourth-order valence-corrected chi connectivity index (χ4v) is 2.16. The van der Waals surface area contributed by atoms with E-state index in [2.05, 4.69) is 4.98 Å². The number of hydrogen-bond acceptors (Lipinski definition) is 1. The van der Waals surface area contributed by atoms with Crippen molar-refractivity contribution in [1.82, 2.24) is 4.98 Å². The van der Waals surface area contributed by atoms with Crippen LogP contribution in [-0.4, -0.2) is 17.9 Å². The summed E-state index contributed by atoms with van der Waals surface area (Å²) in [6.07, 6.45) is 1.84. The maximum atomic E-state index is 12.9. The van der Waals surface area contributed by atoms with Crippen molar-refractivity contribution in [3.8, 4) is 0 Å². The van der Waals surface area contributed by atoms with E-state index in [1.54, 1.807) is 25.2 Å². The highest BCUT2D eigenvalue weighted by Gasteiger charge is 2.14. The average Bonchev–Trinajstić information content (AvgIpc) is 2.94. The van der Waals surface area contributed by atoms with Gasteiger partial charge in [0.2, 0.25) is 0 Å². The highest BCUT2D eigenvalue weighted by Crippen LogP contribution is 2.19. The molecular formula is C16H13FN2O. The molecule has 0 unspecified atom stereocenters. The van der Waals surface area contributed by atoms with E-state index >= 15 is 0 Å². The van der Waals surface area contributed by atoms with Crippen molar-refractivity contribution < 1.29 is 9.18 Å². The zero-order valence-corrected chi connectivity index (χ0v) is 10.9. The van der Waals surface area contributed by atoms with E-state index in [0.717, 1.165) is 10.9 Å². The second kappa shape index (κ2) is 4.81. The molecule has 1 N–H and O–H groups in total. The molecule has 1 amide bonds. The van der Waals surface area contributed by atoms with Gasteiger partial charge in [0.15, 0.2) is 0 Å². The highest BCUT2D eigenvalue weighted by atomic mass is 19.1. The number of H-pyrrole nitrogens is 1. The van der Waals surface area contributed by atoms with Crippen LogP contribution >= 0.6 is 0 Å². The molecule has 3 aromatic rings. The first kappa shape index (κ1) is 12.4. The molecule has 0 spiro atoms. The van der Waals surface area contributed by atoms with Gasteiger partial charge in [-0.1, -0.05) is 0 Å². The monoisotopic (exact) mass is 268 g/mol. The molecule has 0 fully saturated rings. The second-order valence-electron chi connectivity index (χ2n) is 4.62. The third kappa shape index (κ3) is 2.16. The van der Waals surface area contributed by atoms with E-state index in [1.807, 2.05) is 24.4 Å². The Morgan fingerprint density at radius 3 is 2.60 bits per heavy atom. The molecule has 0 radical (unpaired) electrons. The summed E-state index contributed by atoms with van der Waals surface area (Å²) in [5, 5.41) is 0.989. The van der Waals surface area contributed by atoms with E-state index in [0.29, 0.717) is 11.3 Å². The quantitative estimate of drug-likeness (QED) is 0.757. The number of carbonyl (C=O) groups excluding carboxylic acids is 1. The number of hydrogen-bond donors (Lipinski definition) is 1. The first-order valence-corrected chi connectivity index (χ1v) is 6.26. The molecule has 20 heavy (non-hydrogen) atoms. The molecule has 0 saturated carbocycles. The zero-order chi connectivity index (χ0) is 14.1. The summed E-state index contributed by atoms with van der Waals surface area (Å²) in [5.41, 5.74) is 2.25. The molecular weight excluding hydrogens is 255 g/mol. The number of nitrogens with zero attached hydrogens (tertiary/aromatic N) is 1. The predicted octanol–water partition coefficient (Wildman–Crippen LogP) is 3.58. The van der Waals surface area contributed by atoms with Gasteiger partial charge in [0.25, 0.3) is 5.91 Å². The van der Waals surface area contributed by atoms with E-state index in [4.69, 9.17) is 0 Å². The van der Waals surface area contributed by atoms with Crippen LogP contribution < -0.4 is 4.90 Å². The van der Waals surface area contributed by atoms with Gasteiger partial charge in [0.05, 0.1) is 0 Å². The Kier molecular flexibility index (Phi) is 2.99. The maximum absolute atomic E-state index is 12.9. The minimum absolute atomic E-state index is 0.125. The van der Waals surface area contributed by atoms with Crippen LogP contribution in [0.5, 0.6) is 0 Å². The summed E-state index contributed by atoms with van der Waals surface area (Å²) >= 11 is 0. The summed E-state index contributed by atoms with van der Waals surface area (Å²) in [6.45, 7) is 0. The van der Waals surface area contributed by atoms with Gasteiger partial charge in [0.1, 0.15) is 5.82 Å². The molecule has 0 aliphatic carbocycles. The highest BCUT2D eigenvalue weighted by molar-refractivity contribution is 6.07. The molecule has 4 heteroatoms. The van der Waals surface area contributed by atoms with Crippen LogP contribution in [0.1, 0.15) is 10.4 Å². The molecule has 0 aliphatic rings. The number of anilines is 1. The SMILES string of the molecule is CN(C(=O)c1ccc2[nH]ccc2c1)c1ccc(F)cc1. The number of halogens is 1. The summed E-state index contributed by atoms with van der Waals surface area (Å²) in [6, 6.07) is 13.3. The largest absolute Gasteiger partial charge is 0.361 e. The number of aromatic nitrogens is 1. The molecule has 0 atom stereocenters.